The predicted molar refractivity (Wildman–Crippen MR) is 77.4 cm³/mol. The monoisotopic (exact) mass is 263 g/mol. The van der Waals surface area contributed by atoms with Gasteiger partial charge in [0.1, 0.15) is 5.75 Å². The molecule has 1 saturated carbocycles. The van der Waals surface area contributed by atoms with E-state index in [-0.39, 0.29) is 5.54 Å². The van der Waals surface area contributed by atoms with Gasteiger partial charge in [-0.15, -0.1) is 0 Å². The van der Waals surface area contributed by atoms with Gasteiger partial charge < -0.3 is 15.2 Å². The van der Waals surface area contributed by atoms with Crippen LogP contribution in [0, 0.1) is 0 Å². The minimum atomic E-state index is -0.478. The highest BCUT2D eigenvalue weighted by atomic mass is 16.5. The lowest BCUT2D eigenvalue weighted by Gasteiger charge is -2.35. The summed E-state index contributed by atoms with van der Waals surface area (Å²) in [4.78, 5) is 0. The number of hydrogen-bond acceptors (Lipinski definition) is 3. The molecule has 3 nitrogen and oxygen atoms in total. The van der Waals surface area contributed by atoms with Gasteiger partial charge in [0.25, 0.3) is 0 Å². The fourth-order valence-corrected chi connectivity index (χ4v) is 2.82. The van der Waals surface area contributed by atoms with Crippen LogP contribution in [0.1, 0.15) is 50.7 Å². The number of hydrogen-bond donors (Lipinski definition) is 2. The summed E-state index contributed by atoms with van der Waals surface area (Å²) in [6.45, 7) is 2.87. The molecule has 1 aliphatic carbocycles. The molecule has 0 heterocycles. The van der Waals surface area contributed by atoms with Gasteiger partial charge in [-0.25, -0.2) is 0 Å². The number of methoxy groups -OCH3 is 1. The number of aliphatic hydroxyl groups is 1. The van der Waals surface area contributed by atoms with Crippen molar-refractivity contribution in [1.29, 1.82) is 0 Å². The first-order valence-electron chi connectivity index (χ1n) is 7.20. The van der Waals surface area contributed by atoms with Gasteiger partial charge in [-0.1, -0.05) is 31.4 Å². The Morgan fingerprint density at radius 3 is 2.74 bits per heavy atom. The summed E-state index contributed by atoms with van der Waals surface area (Å²) in [5.41, 5.74) is 1.10. The molecule has 1 fully saturated rings. The van der Waals surface area contributed by atoms with Gasteiger partial charge in [0, 0.05) is 12.1 Å². The minimum absolute atomic E-state index is 0.193. The van der Waals surface area contributed by atoms with Crippen LogP contribution in [0.5, 0.6) is 5.75 Å². The molecular weight excluding hydrogens is 238 g/mol. The van der Waals surface area contributed by atoms with Gasteiger partial charge in [-0.3, -0.25) is 0 Å². The van der Waals surface area contributed by atoms with Gasteiger partial charge in [0.2, 0.25) is 0 Å². The molecule has 2 N–H and O–H groups in total. The zero-order chi connectivity index (χ0) is 13.7. The fourth-order valence-electron chi connectivity index (χ4n) is 2.82. The Morgan fingerprint density at radius 2 is 2.05 bits per heavy atom. The third-order valence-corrected chi connectivity index (χ3v) is 4.16. The molecule has 1 aromatic rings. The number of rotatable bonds is 5. The highest BCUT2D eigenvalue weighted by Crippen LogP contribution is 2.28. The van der Waals surface area contributed by atoms with Crippen molar-refractivity contribution in [2.75, 3.05) is 13.7 Å². The third kappa shape index (κ3) is 3.95. The average Bonchev–Trinajstić information content (AvgIpc) is 2.46. The Kier molecular flexibility index (Phi) is 4.83. The molecule has 0 spiro atoms. The molecule has 1 aliphatic rings. The van der Waals surface area contributed by atoms with Crippen molar-refractivity contribution in [3.63, 3.8) is 0 Å². The maximum Gasteiger partial charge on any atom is 0.119 e. The number of β-amino-alcohol motifs (C(OH)–C–C–N with tert-alkyl or cyclic N) is 1. The SMILES string of the molecule is COc1cccc(C(O)CNC2(C)CCCCC2)c1. The Hall–Kier alpha value is -1.06. The van der Waals surface area contributed by atoms with Gasteiger partial charge in [-0.05, 0) is 37.5 Å². The molecule has 0 bridgehead atoms. The maximum atomic E-state index is 10.3. The Bertz CT molecular complexity index is 399. The standard InChI is InChI=1S/C16H25NO2/c1-16(9-4-3-5-10-16)17-12-15(18)13-7-6-8-14(11-13)19-2/h6-8,11,15,17-18H,3-5,9-10,12H2,1-2H3. The lowest BCUT2D eigenvalue weighted by Crippen LogP contribution is -2.45. The van der Waals surface area contributed by atoms with Crippen molar-refractivity contribution in [3.8, 4) is 5.75 Å². The van der Waals surface area contributed by atoms with E-state index in [1.807, 2.05) is 24.3 Å². The van der Waals surface area contributed by atoms with Gasteiger partial charge in [0.15, 0.2) is 0 Å². The Balaban J connectivity index is 1.91. The van der Waals surface area contributed by atoms with Gasteiger partial charge in [0.05, 0.1) is 13.2 Å². The van der Waals surface area contributed by atoms with Crippen LogP contribution in [-0.2, 0) is 0 Å². The summed E-state index contributed by atoms with van der Waals surface area (Å²) < 4.78 is 5.19. The van der Waals surface area contributed by atoms with E-state index >= 15 is 0 Å². The zero-order valence-corrected chi connectivity index (χ0v) is 12.0. The topological polar surface area (TPSA) is 41.5 Å². The van der Waals surface area contributed by atoms with E-state index in [0.717, 1.165) is 11.3 Å². The second-order valence-electron chi connectivity index (χ2n) is 5.79. The highest BCUT2D eigenvalue weighted by molar-refractivity contribution is 5.29. The zero-order valence-electron chi connectivity index (χ0n) is 12.0. The van der Waals surface area contributed by atoms with Crippen molar-refractivity contribution < 1.29 is 9.84 Å². The van der Waals surface area contributed by atoms with Gasteiger partial charge >= 0.3 is 0 Å². The molecule has 1 atom stereocenters. The first kappa shape index (κ1) is 14.4. The molecule has 0 radical (unpaired) electrons. The maximum absolute atomic E-state index is 10.3. The van der Waals surface area contributed by atoms with Crippen LogP contribution >= 0.6 is 0 Å². The number of benzene rings is 1. The third-order valence-electron chi connectivity index (χ3n) is 4.16. The van der Waals surface area contributed by atoms with Crippen LogP contribution in [0.4, 0.5) is 0 Å². The molecular formula is C16H25NO2. The average molecular weight is 263 g/mol. The number of aliphatic hydroxyl groups excluding tert-OH is 1. The first-order chi connectivity index (χ1) is 9.13. The highest BCUT2D eigenvalue weighted by Gasteiger charge is 2.26. The number of ether oxygens (including phenoxy) is 1. The lowest BCUT2D eigenvalue weighted by atomic mass is 9.83. The quantitative estimate of drug-likeness (QED) is 0.858. The van der Waals surface area contributed by atoms with E-state index in [9.17, 15) is 5.11 Å². The van der Waals surface area contributed by atoms with Crippen molar-refractivity contribution in [1.82, 2.24) is 5.32 Å². The predicted octanol–water partition coefficient (Wildman–Crippen LogP) is 3.04. The van der Waals surface area contributed by atoms with Crippen LogP contribution in [0.15, 0.2) is 24.3 Å². The summed E-state index contributed by atoms with van der Waals surface area (Å²) in [6, 6.07) is 7.65. The van der Waals surface area contributed by atoms with E-state index in [1.54, 1.807) is 7.11 Å². The summed E-state index contributed by atoms with van der Waals surface area (Å²) >= 11 is 0. The second-order valence-corrected chi connectivity index (χ2v) is 5.79. The van der Waals surface area contributed by atoms with Crippen LogP contribution < -0.4 is 10.1 Å². The molecule has 0 saturated heterocycles. The largest absolute Gasteiger partial charge is 0.497 e. The molecule has 1 unspecified atom stereocenters. The van der Waals surface area contributed by atoms with E-state index in [2.05, 4.69) is 12.2 Å². The van der Waals surface area contributed by atoms with E-state index < -0.39 is 6.10 Å². The molecule has 0 aliphatic heterocycles. The van der Waals surface area contributed by atoms with Crippen LogP contribution in [0.3, 0.4) is 0 Å². The molecule has 0 amide bonds. The van der Waals surface area contributed by atoms with Crippen LogP contribution in [0.25, 0.3) is 0 Å². The van der Waals surface area contributed by atoms with E-state index in [4.69, 9.17) is 4.74 Å². The summed E-state index contributed by atoms with van der Waals surface area (Å²) in [5.74, 6) is 0.792. The molecule has 0 aromatic heterocycles. The molecule has 2 rings (SSSR count). The Morgan fingerprint density at radius 1 is 1.32 bits per heavy atom. The summed E-state index contributed by atoms with van der Waals surface area (Å²) in [5, 5.41) is 13.8. The smallest absolute Gasteiger partial charge is 0.119 e. The van der Waals surface area contributed by atoms with Gasteiger partial charge in [-0.2, -0.15) is 0 Å². The molecule has 106 valence electrons. The molecule has 1 aromatic carbocycles. The summed E-state index contributed by atoms with van der Waals surface area (Å²) in [7, 11) is 1.65. The van der Waals surface area contributed by atoms with Crippen molar-refractivity contribution in [2.45, 2.75) is 50.7 Å². The normalized spacial score (nSPS) is 19.9. The molecule has 3 heteroatoms. The van der Waals surface area contributed by atoms with Crippen molar-refractivity contribution >= 4 is 0 Å². The second kappa shape index (κ2) is 6.40. The fraction of sp³-hybridized carbons (Fsp3) is 0.625. The summed E-state index contributed by atoms with van der Waals surface area (Å²) in [6.07, 6.45) is 5.86. The first-order valence-corrected chi connectivity index (χ1v) is 7.20. The minimum Gasteiger partial charge on any atom is -0.497 e. The Labute approximate surface area is 116 Å². The van der Waals surface area contributed by atoms with Crippen LogP contribution in [0.2, 0.25) is 0 Å². The van der Waals surface area contributed by atoms with Crippen molar-refractivity contribution in [2.24, 2.45) is 0 Å². The lowest BCUT2D eigenvalue weighted by molar-refractivity contribution is 0.146. The number of nitrogens with one attached hydrogen (secondary N) is 1. The molecule has 19 heavy (non-hydrogen) atoms. The van der Waals surface area contributed by atoms with Crippen LogP contribution in [-0.4, -0.2) is 24.3 Å². The van der Waals surface area contributed by atoms with E-state index in [1.165, 1.54) is 32.1 Å². The van der Waals surface area contributed by atoms with E-state index in [0.29, 0.717) is 6.54 Å². The van der Waals surface area contributed by atoms with Crippen molar-refractivity contribution in [3.05, 3.63) is 29.8 Å².